The van der Waals surface area contributed by atoms with Crippen LogP contribution in [0, 0.1) is 6.92 Å². The van der Waals surface area contributed by atoms with Gasteiger partial charge < -0.3 is 10.6 Å². The molecule has 0 unspecified atom stereocenters. The first kappa shape index (κ1) is 11.6. The number of urea groups is 1. The van der Waals surface area contributed by atoms with Crippen molar-refractivity contribution in [2.45, 2.75) is 26.2 Å². The summed E-state index contributed by atoms with van der Waals surface area (Å²) in [6, 6.07) is 3.59. The van der Waals surface area contributed by atoms with Gasteiger partial charge in [0.2, 0.25) is 0 Å². The fraction of sp³-hybridized carbons (Fsp3) is 0.385. The molecule has 0 aliphatic heterocycles. The summed E-state index contributed by atoms with van der Waals surface area (Å²) in [6.07, 6.45) is 1.82. The van der Waals surface area contributed by atoms with Gasteiger partial charge in [0, 0.05) is 25.6 Å². The van der Waals surface area contributed by atoms with Gasteiger partial charge in [0.05, 0.1) is 0 Å². The SMILES string of the molecule is CNC(=O)Nc1ccc(C)c2c1CC(=O)CC2. The Morgan fingerprint density at radius 2 is 2.00 bits per heavy atom. The van der Waals surface area contributed by atoms with Gasteiger partial charge in [-0.25, -0.2) is 4.79 Å². The van der Waals surface area contributed by atoms with E-state index < -0.39 is 0 Å². The molecule has 2 N–H and O–H groups in total. The summed E-state index contributed by atoms with van der Waals surface area (Å²) in [4.78, 5) is 22.8. The van der Waals surface area contributed by atoms with Crippen LogP contribution in [0.5, 0.6) is 0 Å². The Labute approximate surface area is 100 Å². The molecule has 0 fully saturated rings. The van der Waals surface area contributed by atoms with Crippen LogP contribution >= 0.6 is 0 Å². The zero-order valence-corrected chi connectivity index (χ0v) is 10.1. The monoisotopic (exact) mass is 232 g/mol. The molecular formula is C13H16N2O2. The van der Waals surface area contributed by atoms with Crippen LogP contribution in [0.15, 0.2) is 12.1 Å². The maximum absolute atomic E-state index is 11.5. The van der Waals surface area contributed by atoms with E-state index in [1.165, 1.54) is 11.1 Å². The summed E-state index contributed by atoms with van der Waals surface area (Å²) in [7, 11) is 1.57. The number of carbonyl (C=O) groups excluding carboxylic acids is 2. The maximum Gasteiger partial charge on any atom is 0.318 e. The first-order chi connectivity index (χ1) is 8.11. The zero-order chi connectivity index (χ0) is 12.4. The van der Waals surface area contributed by atoms with E-state index in [1.54, 1.807) is 7.05 Å². The first-order valence-electron chi connectivity index (χ1n) is 5.73. The van der Waals surface area contributed by atoms with E-state index in [4.69, 9.17) is 0 Å². The molecule has 0 atom stereocenters. The van der Waals surface area contributed by atoms with Crippen molar-refractivity contribution in [1.29, 1.82) is 0 Å². The first-order valence-corrected chi connectivity index (χ1v) is 5.73. The van der Waals surface area contributed by atoms with Gasteiger partial charge >= 0.3 is 6.03 Å². The lowest BCUT2D eigenvalue weighted by Crippen LogP contribution is -2.26. The molecule has 90 valence electrons. The van der Waals surface area contributed by atoms with Crippen LogP contribution in [0.3, 0.4) is 0 Å². The summed E-state index contributed by atoms with van der Waals surface area (Å²) in [5, 5.41) is 5.28. The summed E-state index contributed by atoms with van der Waals surface area (Å²) in [5.74, 6) is 0.239. The topological polar surface area (TPSA) is 58.2 Å². The van der Waals surface area contributed by atoms with Crippen molar-refractivity contribution in [1.82, 2.24) is 5.32 Å². The van der Waals surface area contributed by atoms with Crippen molar-refractivity contribution < 1.29 is 9.59 Å². The molecule has 0 aromatic heterocycles. The minimum absolute atomic E-state index is 0.239. The highest BCUT2D eigenvalue weighted by molar-refractivity contribution is 5.93. The summed E-state index contributed by atoms with van der Waals surface area (Å²) >= 11 is 0. The van der Waals surface area contributed by atoms with Gasteiger partial charge in [-0.1, -0.05) is 6.07 Å². The maximum atomic E-state index is 11.5. The normalized spacial score (nSPS) is 14.1. The highest BCUT2D eigenvalue weighted by Crippen LogP contribution is 2.29. The van der Waals surface area contributed by atoms with Gasteiger partial charge in [0.15, 0.2) is 0 Å². The van der Waals surface area contributed by atoms with Crippen LogP contribution < -0.4 is 10.6 Å². The van der Waals surface area contributed by atoms with Gasteiger partial charge in [-0.05, 0) is 36.1 Å². The molecule has 0 bridgehead atoms. The third-order valence-corrected chi connectivity index (χ3v) is 3.17. The van der Waals surface area contributed by atoms with Crippen LogP contribution in [-0.2, 0) is 17.6 Å². The van der Waals surface area contributed by atoms with E-state index in [2.05, 4.69) is 10.6 Å². The number of hydrogen-bond acceptors (Lipinski definition) is 2. The van der Waals surface area contributed by atoms with Crippen LogP contribution in [-0.4, -0.2) is 18.9 Å². The Kier molecular flexibility index (Phi) is 3.13. The molecule has 1 aromatic rings. The number of aryl methyl sites for hydroxylation is 1. The second-order valence-electron chi connectivity index (χ2n) is 4.31. The summed E-state index contributed by atoms with van der Waals surface area (Å²) in [6.45, 7) is 2.04. The minimum atomic E-state index is -0.255. The third-order valence-electron chi connectivity index (χ3n) is 3.17. The van der Waals surface area contributed by atoms with Crippen molar-refractivity contribution in [2.24, 2.45) is 0 Å². The van der Waals surface area contributed by atoms with Gasteiger partial charge in [-0.3, -0.25) is 4.79 Å². The summed E-state index contributed by atoms with van der Waals surface area (Å²) < 4.78 is 0. The van der Waals surface area contributed by atoms with E-state index in [0.29, 0.717) is 12.8 Å². The predicted octanol–water partition coefficient (Wildman–Crippen LogP) is 1.80. The van der Waals surface area contributed by atoms with Crippen molar-refractivity contribution in [2.75, 3.05) is 12.4 Å². The number of ketones is 1. The van der Waals surface area contributed by atoms with Crippen LogP contribution in [0.2, 0.25) is 0 Å². The number of hydrogen-bond donors (Lipinski definition) is 2. The number of fused-ring (bicyclic) bond motifs is 1. The average molecular weight is 232 g/mol. The van der Waals surface area contributed by atoms with E-state index in [1.807, 2.05) is 19.1 Å². The number of anilines is 1. The van der Waals surface area contributed by atoms with Crippen LogP contribution in [0.1, 0.15) is 23.1 Å². The molecule has 0 radical (unpaired) electrons. The highest BCUT2D eigenvalue weighted by Gasteiger charge is 2.20. The van der Waals surface area contributed by atoms with Crippen molar-refractivity contribution in [3.05, 3.63) is 28.8 Å². The molecule has 0 saturated heterocycles. The van der Waals surface area contributed by atoms with Gasteiger partial charge in [-0.15, -0.1) is 0 Å². The van der Waals surface area contributed by atoms with E-state index in [0.717, 1.165) is 17.7 Å². The molecule has 4 nitrogen and oxygen atoms in total. The van der Waals surface area contributed by atoms with Gasteiger partial charge in [0.25, 0.3) is 0 Å². The lowest BCUT2D eigenvalue weighted by molar-refractivity contribution is -0.118. The van der Waals surface area contributed by atoms with Crippen LogP contribution in [0.25, 0.3) is 0 Å². The van der Waals surface area contributed by atoms with Gasteiger partial charge in [-0.2, -0.15) is 0 Å². The molecule has 1 aromatic carbocycles. The number of rotatable bonds is 1. The van der Waals surface area contributed by atoms with Crippen molar-refractivity contribution >= 4 is 17.5 Å². The standard InChI is InChI=1S/C13H16N2O2/c1-8-3-6-12(15-13(17)14-2)11-7-9(16)4-5-10(8)11/h3,6H,4-5,7H2,1-2H3,(H2,14,15,17). The molecule has 0 spiro atoms. The Morgan fingerprint density at radius 1 is 1.24 bits per heavy atom. The number of amides is 2. The lowest BCUT2D eigenvalue weighted by Gasteiger charge is -2.21. The molecule has 1 aliphatic carbocycles. The van der Waals surface area contributed by atoms with E-state index in [-0.39, 0.29) is 11.8 Å². The second-order valence-corrected chi connectivity index (χ2v) is 4.31. The lowest BCUT2D eigenvalue weighted by atomic mass is 9.87. The Hall–Kier alpha value is -1.84. The summed E-state index contributed by atoms with van der Waals surface area (Å²) in [5.41, 5.74) is 4.12. The number of nitrogens with one attached hydrogen (secondary N) is 2. The van der Waals surface area contributed by atoms with E-state index in [9.17, 15) is 9.59 Å². The molecule has 2 amide bonds. The molecule has 4 heteroatoms. The van der Waals surface area contributed by atoms with Crippen molar-refractivity contribution in [3.63, 3.8) is 0 Å². The average Bonchev–Trinajstić information content (AvgIpc) is 2.32. The molecule has 1 aliphatic rings. The third kappa shape index (κ3) is 2.30. The highest BCUT2D eigenvalue weighted by atomic mass is 16.2. The zero-order valence-electron chi connectivity index (χ0n) is 10.1. The molecular weight excluding hydrogens is 216 g/mol. The number of benzene rings is 1. The number of Topliss-reactive ketones (excluding diaryl/α,β-unsaturated/α-hetero) is 1. The number of carbonyl (C=O) groups is 2. The smallest absolute Gasteiger partial charge is 0.318 e. The fourth-order valence-corrected chi connectivity index (χ4v) is 2.21. The Morgan fingerprint density at radius 3 is 2.71 bits per heavy atom. The molecule has 2 rings (SSSR count). The quantitative estimate of drug-likeness (QED) is 0.775. The van der Waals surface area contributed by atoms with Crippen LogP contribution in [0.4, 0.5) is 10.5 Å². The molecule has 0 heterocycles. The molecule has 17 heavy (non-hydrogen) atoms. The largest absolute Gasteiger partial charge is 0.341 e. The molecule has 0 saturated carbocycles. The minimum Gasteiger partial charge on any atom is -0.341 e. The second kappa shape index (κ2) is 4.57. The van der Waals surface area contributed by atoms with Gasteiger partial charge in [0.1, 0.15) is 5.78 Å². The Bertz CT molecular complexity index is 481. The fourth-order valence-electron chi connectivity index (χ4n) is 2.21. The Balaban J connectivity index is 2.40. The van der Waals surface area contributed by atoms with Crippen molar-refractivity contribution in [3.8, 4) is 0 Å². The van der Waals surface area contributed by atoms with E-state index >= 15 is 0 Å². The predicted molar refractivity (Wildman–Crippen MR) is 66.3 cm³/mol.